The molecule has 1 aromatic carbocycles. The van der Waals surface area contributed by atoms with Crippen LogP contribution in [0.25, 0.3) is 0 Å². The van der Waals surface area contributed by atoms with Crippen molar-refractivity contribution in [2.24, 2.45) is 0 Å². The van der Waals surface area contributed by atoms with Gasteiger partial charge in [-0.25, -0.2) is 13.1 Å². The minimum atomic E-state index is -3.45. The van der Waals surface area contributed by atoms with Gasteiger partial charge >= 0.3 is 0 Å². The normalized spacial score (nSPS) is 13.2. The van der Waals surface area contributed by atoms with E-state index in [4.69, 9.17) is 15.6 Å². The van der Waals surface area contributed by atoms with Gasteiger partial charge in [-0.2, -0.15) is 0 Å². The summed E-state index contributed by atoms with van der Waals surface area (Å²) in [5, 5.41) is 8.95. The minimum Gasteiger partial charge on any atom is -0.492 e. The van der Waals surface area contributed by atoms with Gasteiger partial charge in [-0.05, 0) is 18.6 Å². The molecule has 0 saturated heterocycles. The number of ether oxygens (including phenoxy) is 1. The first kappa shape index (κ1) is 15.7. The molecule has 0 aromatic heterocycles. The number of rotatable bonds is 8. The van der Waals surface area contributed by atoms with Gasteiger partial charge in [-0.1, -0.05) is 13.0 Å². The molecule has 0 fully saturated rings. The van der Waals surface area contributed by atoms with E-state index in [1.54, 1.807) is 31.2 Å². The SMILES string of the molecule is CCC(CO)NS(=O)(=O)CCOc1cccc(N)c1. The van der Waals surface area contributed by atoms with Crippen LogP contribution >= 0.6 is 0 Å². The smallest absolute Gasteiger partial charge is 0.215 e. The Kier molecular flexibility index (Phi) is 6.07. The van der Waals surface area contributed by atoms with Crippen LogP contribution in [0.5, 0.6) is 5.75 Å². The molecule has 108 valence electrons. The van der Waals surface area contributed by atoms with Crippen LogP contribution in [0.3, 0.4) is 0 Å². The number of nitrogen functional groups attached to an aromatic ring is 1. The standard InChI is InChI=1S/C12H20N2O4S/c1-2-11(9-15)14-19(16,17)7-6-18-12-5-3-4-10(13)8-12/h3-5,8,11,14-15H,2,6-7,9,13H2,1H3. The number of aliphatic hydroxyl groups excluding tert-OH is 1. The lowest BCUT2D eigenvalue weighted by Crippen LogP contribution is -2.39. The van der Waals surface area contributed by atoms with Crippen molar-refractivity contribution in [2.45, 2.75) is 19.4 Å². The Morgan fingerprint density at radius 1 is 1.47 bits per heavy atom. The van der Waals surface area contributed by atoms with E-state index in [1.165, 1.54) is 0 Å². The summed E-state index contributed by atoms with van der Waals surface area (Å²) >= 11 is 0. The molecular formula is C12H20N2O4S. The zero-order valence-electron chi connectivity index (χ0n) is 10.9. The lowest BCUT2D eigenvalue weighted by molar-refractivity contribution is 0.253. The Bertz CT molecular complexity index is 486. The van der Waals surface area contributed by atoms with E-state index in [9.17, 15) is 8.42 Å². The Morgan fingerprint density at radius 2 is 2.21 bits per heavy atom. The molecule has 1 rings (SSSR count). The number of hydrogen-bond donors (Lipinski definition) is 3. The third-order valence-corrected chi connectivity index (χ3v) is 3.93. The number of nitrogens with two attached hydrogens (primary N) is 1. The number of aliphatic hydroxyl groups is 1. The van der Waals surface area contributed by atoms with Crippen molar-refractivity contribution in [1.82, 2.24) is 4.72 Å². The van der Waals surface area contributed by atoms with E-state index >= 15 is 0 Å². The Morgan fingerprint density at radius 3 is 2.79 bits per heavy atom. The van der Waals surface area contributed by atoms with Crippen molar-refractivity contribution in [3.63, 3.8) is 0 Å². The molecule has 1 atom stereocenters. The molecule has 0 radical (unpaired) electrons. The van der Waals surface area contributed by atoms with E-state index in [-0.39, 0.29) is 19.0 Å². The van der Waals surface area contributed by atoms with Crippen LogP contribution < -0.4 is 15.2 Å². The molecule has 1 aromatic rings. The number of hydrogen-bond acceptors (Lipinski definition) is 5. The van der Waals surface area contributed by atoms with E-state index < -0.39 is 16.1 Å². The summed E-state index contributed by atoms with van der Waals surface area (Å²) < 4.78 is 31.1. The van der Waals surface area contributed by atoms with Gasteiger partial charge in [0, 0.05) is 17.8 Å². The average molecular weight is 288 g/mol. The van der Waals surface area contributed by atoms with Crippen LogP contribution in [0.15, 0.2) is 24.3 Å². The predicted octanol–water partition coefficient (Wildman–Crippen LogP) is 0.338. The second kappa shape index (κ2) is 7.32. The minimum absolute atomic E-state index is 0.0284. The molecule has 0 saturated carbocycles. The largest absolute Gasteiger partial charge is 0.492 e. The molecule has 0 aliphatic heterocycles. The zero-order chi connectivity index (χ0) is 14.3. The summed E-state index contributed by atoms with van der Waals surface area (Å²) in [6.45, 7) is 1.61. The summed E-state index contributed by atoms with van der Waals surface area (Å²) in [4.78, 5) is 0. The van der Waals surface area contributed by atoms with Gasteiger partial charge in [0.2, 0.25) is 10.0 Å². The third kappa shape index (κ3) is 5.91. The van der Waals surface area contributed by atoms with Crippen molar-refractivity contribution < 1.29 is 18.3 Å². The average Bonchev–Trinajstić information content (AvgIpc) is 2.36. The lowest BCUT2D eigenvalue weighted by Gasteiger charge is -2.14. The molecule has 4 N–H and O–H groups in total. The van der Waals surface area contributed by atoms with Gasteiger partial charge in [0.15, 0.2) is 0 Å². The molecule has 7 heteroatoms. The zero-order valence-corrected chi connectivity index (χ0v) is 11.7. The highest BCUT2D eigenvalue weighted by Crippen LogP contribution is 2.14. The van der Waals surface area contributed by atoms with Crippen molar-refractivity contribution in [3.05, 3.63) is 24.3 Å². The monoisotopic (exact) mass is 288 g/mol. The maximum Gasteiger partial charge on any atom is 0.215 e. The maximum atomic E-state index is 11.7. The Balaban J connectivity index is 2.43. The van der Waals surface area contributed by atoms with E-state index in [0.29, 0.717) is 17.9 Å². The number of nitrogens with one attached hydrogen (secondary N) is 1. The molecule has 0 heterocycles. The van der Waals surface area contributed by atoms with E-state index in [0.717, 1.165) is 0 Å². The van der Waals surface area contributed by atoms with Gasteiger partial charge < -0.3 is 15.6 Å². The molecular weight excluding hydrogens is 268 g/mol. The first-order valence-corrected chi connectivity index (χ1v) is 7.71. The van der Waals surface area contributed by atoms with Crippen LogP contribution in [-0.4, -0.2) is 38.5 Å². The molecule has 1 unspecified atom stereocenters. The van der Waals surface area contributed by atoms with Crippen LogP contribution in [0.4, 0.5) is 5.69 Å². The summed E-state index contributed by atoms with van der Waals surface area (Å²) in [5.41, 5.74) is 6.14. The van der Waals surface area contributed by atoms with Crippen molar-refractivity contribution in [3.8, 4) is 5.75 Å². The topological polar surface area (TPSA) is 102 Å². The lowest BCUT2D eigenvalue weighted by atomic mass is 10.3. The van der Waals surface area contributed by atoms with Crippen molar-refractivity contribution >= 4 is 15.7 Å². The first-order chi connectivity index (χ1) is 8.96. The molecule has 6 nitrogen and oxygen atoms in total. The molecule has 19 heavy (non-hydrogen) atoms. The highest BCUT2D eigenvalue weighted by atomic mass is 32.2. The van der Waals surface area contributed by atoms with Crippen molar-refractivity contribution in [1.29, 1.82) is 0 Å². The first-order valence-electron chi connectivity index (χ1n) is 6.06. The van der Waals surface area contributed by atoms with E-state index in [1.807, 2.05) is 0 Å². The molecule has 0 amide bonds. The number of anilines is 1. The van der Waals surface area contributed by atoms with Gasteiger partial charge in [0.25, 0.3) is 0 Å². The second-order valence-electron chi connectivity index (χ2n) is 4.15. The summed E-state index contributed by atoms with van der Waals surface area (Å²) in [6.07, 6.45) is 0.534. The maximum absolute atomic E-state index is 11.7. The number of benzene rings is 1. The van der Waals surface area contributed by atoms with Gasteiger partial charge in [0.05, 0.1) is 12.4 Å². The molecule has 0 aliphatic rings. The summed E-state index contributed by atoms with van der Waals surface area (Å²) in [5.74, 6) is 0.363. The summed E-state index contributed by atoms with van der Waals surface area (Å²) in [7, 11) is -3.45. The van der Waals surface area contributed by atoms with Crippen LogP contribution in [0, 0.1) is 0 Å². The third-order valence-electron chi connectivity index (χ3n) is 2.54. The van der Waals surface area contributed by atoms with Crippen molar-refractivity contribution in [2.75, 3.05) is 24.7 Å². The fourth-order valence-electron chi connectivity index (χ4n) is 1.44. The highest BCUT2D eigenvalue weighted by Gasteiger charge is 2.15. The van der Waals surface area contributed by atoms with Crippen LogP contribution in [0.2, 0.25) is 0 Å². The fourth-order valence-corrected chi connectivity index (χ4v) is 2.61. The fraction of sp³-hybridized carbons (Fsp3) is 0.500. The molecule has 0 bridgehead atoms. The van der Waals surface area contributed by atoms with Gasteiger partial charge in [-0.15, -0.1) is 0 Å². The van der Waals surface area contributed by atoms with Crippen LogP contribution in [0.1, 0.15) is 13.3 Å². The van der Waals surface area contributed by atoms with Gasteiger partial charge in [0.1, 0.15) is 12.4 Å². The molecule has 0 aliphatic carbocycles. The quantitative estimate of drug-likeness (QED) is 0.599. The van der Waals surface area contributed by atoms with Gasteiger partial charge in [-0.3, -0.25) is 0 Å². The Hall–Kier alpha value is -1.31. The number of sulfonamides is 1. The second-order valence-corrected chi connectivity index (χ2v) is 6.02. The Labute approximate surface area is 113 Å². The predicted molar refractivity (Wildman–Crippen MR) is 74.4 cm³/mol. The van der Waals surface area contributed by atoms with Crippen LogP contribution in [-0.2, 0) is 10.0 Å². The highest BCUT2D eigenvalue weighted by molar-refractivity contribution is 7.89. The molecule has 0 spiro atoms. The van der Waals surface area contributed by atoms with E-state index in [2.05, 4.69) is 4.72 Å². The summed E-state index contributed by atoms with van der Waals surface area (Å²) in [6, 6.07) is 6.34.